The van der Waals surface area contributed by atoms with Crippen LogP contribution in [0.1, 0.15) is 39.7 Å². The highest BCUT2D eigenvalue weighted by atomic mass is 32.2. The summed E-state index contributed by atoms with van der Waals surface area (Å²) in [6, 6.07) is 9.46. The van der Waals surface area contributed by atoms with Crippen LogP contribution in [0, 0.1) is 17.7 Å². The predicted molar refractivity (Wildman–Crippen MR) is 130 cm³/mol. The van der Waals surface area contributed by atoms with E-state index in [1.54, 1.807) is 22.8 Å². The number of nitrogens with zero attached hydrogens (tertiary/aromatic N) is 2. The molecule has 2 heterocycles. The Morgan fingerprint density at radius 1 is 1.03 bits per heavy atom. The first-order valence-electron chi connectivity index (χ1n) is 11.6. The molecule has 1 saturated heterocycles. The van der Waals surface area contributed by atoms with Crippen molar-refractivity contribution in [1.82, 2.24) is 4.57 Å². The lowest BCUT2D eigenvalue weighted by Crippen LogP contribution is -2.39. The summed E-state index contributed by atoms with van der Waals surface area (Å²) in [4.78, 5) is 15.1. The first-order valence-corrected chi connectivity index (χ1v) is 13.1. The number of fused-ring (bicyclic) bond motifs is 1. The Kier molecular flexibility index (Phi) is 6.36. The minimum Gasteiger partial charge on any atom is -0.369 e. The van der Waals surface area contributed by atoms with Gasteiger partial charge in [-0.05, 0) is 61.4 Å². The second-order valence-corrected chi connectivity index (χ2v) is 11.2. The highest BCUT2D eigenvalue weighted by Gasteiger charge is 2.27. The van der Waals surface area contributed by atoms with Crippen molar-refractivity contribution >= 4 is 26.4 Å². The van der Waals surface area contributed by atoms with Crippen molar-refractivity contribution in [3.05, 3.63) is 64.2 Å². The second-order valence-electron chi connectivity index (χ2n) is 9.28. The Labute approximate surface area is 194 Å². The van der Waals surface area contributed by atoms with Gasteiger partial charge in [-0.2, -0.15) is 0 Å². The molecule has 7 heteroatoms. The summed E-state index contributed by atoms with van der Waals surface area (Å²) in [6.07, 6.45) is 3.29. The van der Waals surface area contributed by atoms with E-state index < -0.39 is 21.1 Å². The number of benzene rings is 2. The molecule has 1 aliphatic heterocycles. The van der Waals surface area contributed by atoms with Crippen LogP contribution in [0.3, 0.4) is 0 Å². The van der Waals surface area contributed by atoms with Gasteiger partial charge in [-0.3, -0.25) is 4.79 Å². The molecule has 0 spiro atoms. The highest BCUT2D eigenvalue weighted by Crippen LogP contribution is 2.31. The van der Waals surface area contributed by atoms with Crippen LogP contribution in [-0.4, -0.2) is 26.1 Å². The van der Waals surface area contributed by atoms with Gasteiger partial charge in [0.05, 0.1) is 21.5 Å². The van der Waals surface area contributed by atoms with Gasteiger partial charge in [-0.15, -0.1) is 0 Å². The molecule has 2 unspecified atom stereocenters. The van der Waals surface area contributed by atoms with Gasteiger partial charge in [0.25, 0.3) is 0 Å². The van der Waals surface area contributed by atoms with E-state index in [1.807, 2.05) is 18.7 Å². The normalized spacial score (nSPS) is 19.2. The molecule has 1 aliphatic rings. The molecular formula is C26H31FN2O3S. The van der Waals surface area contributed by atoms with Gasteiger partial charge in [-0.1, -0.05) is 32.9 Å². The third kappa shape index (κ3) is 4.31. The number of hydrogen-bond acceptors (Lipinski definition) is 4. The molecule has 3 aromatic rings. The lowest BCUT2D eigenvalue weighted by atomic mass is 9.91. The Morgan fingerprint density at radius 3 is 2.24 bits per heavy atom. The molecule has 0 radical (unpaired) electrons. The van der Waals surface area contributed by atoms with Crippen molar-refractivity contribution < 1.29 is 12.8 Å². The third-order valence-corrected chi connectivity index (χ3v) is 8.36. The Bertz CT molecular complexity index is 1340. The fraction of sp³-hybridized carbons (Fsp3) is 0.423. The van der Waals surface area contributed by atoms with Gasteiger partial charge >= 0.3 is 0 Å². The lowest BCUT2D eigenvalue weighted by molar-refractivity contribution is 0.354. The van der Waals surface area contributed by atoms with Gasteiger partial charge in [-0.25, -0.2) is 12.8 Å². The highest BCUT2D eigenvalue weighted by molar-refractivity contribution is 7.91. The quantitative estimate of drug-likeness (QED) is 0.524. The van der Waals surface area contributed by atoms with Gasteiger partial charge in [0.1, 0.15) is 10.7 Å². The summed E-state index contributed by atoms with van der Waals surface area (Å²) in [5.74, 6) is 0.401. The molecule has 1 fully saturated rings. The summed E-state index contributed by atoms with van der Waals surface area (Å²) in [7, 11) is -4.04. The third-order valence-electron chi connectivity index (χ3n) is 6.60. The standard InChI is InChI=1S/C26H31FN2O3S/c1-5-19-7-9-20(10-8-19)33(31,32)25-16-28(6-2)23-13-24(22(27)12-21(23)26(25)30)29-14-17(3)11-18(4)15-29/h7-10,12-13,16-18H,5-6,11,14-15H2,1-4H3. The smallest absolute Gasteiger partial charge is 0.211 e. The largest absolute Gasteiger partial charge is 0.369 e. The van der Waals surface area contributed by atoms with Gasteiger partial charge in [0.15, 0.2) is 0 Å². The Hall–Kier alpha value is -2.67. The topological polar surface area (TPSA) is 59.4 Å². The molecule has 0 aliphatic carbocycles. The van der Waals surface area contributed by atoms with Crippen molar-refractivity contribution in [1.29, 1.82) is 0 Å². The molecule has 176 valence electrons. The van der Waals surface area contributed by atoms with Crippen LogP contribution < -0.4 is 10.3 Å². The number of aromatic nitrogens is 1. The van der Waals surface area contributed by atoms with E-state index in [0.717, 1.165) is 31.5 Å². The van der Waals surface area contributed by atoms with E-state index in [0.29, 0.717) is 29.6 Å². The maximum Gasteiger partial charge on any atom is 0.211 e. The van der Waals surface area contributed by atoms with Gasteiger partial charge in [0, 0.05) is 25.8 Å². The molecule has 33 heavy (non-hydrogen) atoms. The predicted octanol–water partition coefficient (Wildman–Crippen LogP) is 5.04. The Balaban J connectivity index is 1.88. The van der Waals surface area contributed by atoms with Crippen molar-refractivity contribution in [2.75, 3.05) is 18.0 Å². The average Bonchev–Trinajstić information content (AvgIpc) is 2.78. The summed E-state index contributed by atoms with van der Waals surface area (Å²) in [6.45, 7) is 10.1. The number of pyridine rings is 1. The zero-order chi connectivity index (χ0) is 23.9. The molecule has 4 rings (SSSR count). The molecular weight excluding hydrogens is 439 g/mol. The van der Waals surface area contributed by atoms with Crippen LogP contribution in [0.4, 0.5) is 10.1 Å². The van der Waals surface area contributed by atoms with Crippen LogP contribution in [-0.2, 0) is 22.8 Å². The fourth-order valence-electron chi connectivity index (χ4n) is 4.96. The minimum absolute atomic E-state index is 0.0622. The minimum atomic E-state index is -4.04. The molecule has 2 aromatic carbocycles. The average molecular weight is 471 g/mol. The van der Waals surface area contributed by atoms with E-state index in [-0.39, 0.29) is 15.2 Å². The van der Waals surface area contributed by atoms with Crippen molar-refractivity contribution in [2.24, 2.45) is 11.8 Å². The molecule has 0 amide bonds. The molecule has 0 N–H and O–H groups in total. The SMILES string of the molecule is CCc1ccc(S(=O)(=O)c2cn(CC)c3cc(N4CC(C)CC(C)C4)c(F)cc3c2=O)cc1. The monoisotopic (exact) mass is 470 g/mol. The molecule has 2 atom stereocenters. The van der Waals surface area contributed by atoms with Crippen molar-refractivity contribution in [3.8, 4) is 0 Å². The van der Waals surface area contributed by atoms with Crippen LogP contribution in [0.5, 0.6) is 0 Å². The zero-order valence-corrected chi connectivity index (χ0v) is 20.5. The summed E-state index contributed by atoms with van der Waals surface area (Å²) in [5.41, 5.74) is 1.35. The first-order chi connectivity index (χ1) is 15.6. The maximum atomic E-state index is 15.3. The maximum absolute atomic E-state index is 15.3. The van der Waals surface area contributed by atoms with Crippen LogP contribution in [0.25, 0.3) is 10.9 Å². The number of rotatable bonds is 5. The molecule has 0 bridgehead atoms. The number of halogens is 1. The van der Waals surface area contributed by atoms with E-state index in [2.05, 4.69) is 13.8 Å². The fourth-order valence-corrected chi connectivity index (χ4v) is 6.33. The van der Waals surface area contributed by atoms with E-state index >= 15 is 4.39 Å². The molecule has 5 nitrogen and oxygen atoms in total. The van der Waals surface area contributed by atoms with Crippen molar-refractivity contribution in [3.63, 3.8) is 0 Å². The van der Waals surface area contributed by atoms with Crippen LogP contribution in [0.2, 0.25) is 0 Å². The van der Waals surface area contributed by atoms with Gasteiger partial charge in [0.2, 0.25) is 15.3 Å². The van der Waals surface area contributed by atoms with E-state index in [1.165, 1.54) is 24.4 Å². The summed E-state index contributed by atoms with van der Waals surface area (Å²) < 4.78 is 43.6. The lowest BCUT2D eigenvalue weighted by Gasteiger charge is -2.37. The van der Waals surface area contributed by atoms with Crippen molar-refractivity contribution in [2.45, 2.75) is 56.9 Å². The number of aryl methyl sites for hydroxylation is 2. The number of sulfone groups is 1. The first kappa shape index (κ1) is 23.5. The van der Waals surface area contributed by atoms with Crippen LogP contribution >= 0.6 is 0 Å². The molecule has 1 aromatic heterocycles. The molecule has 0 saturated carbocycles. The zero-order valence-electron chi connectivity index (χ0n) is 19.6. The second kappa shape index (κ2) is 8.93. The Morgan fingerprint density at radius 2 is 1.67 bits per heavy atom. The number of piperidine rings is 1. The van der Waals surface area contributed by atoms with Gasteiger partial charge < -0.3 is 9.47 Å². The summed E-state index contributed by atoms with van der Waals surface area (Å²) in [5, 5.41) is 0.0856. The summed E-state index contributed by atoms with van der Waals surface area (Å²) >= 11 is 0. The number of anilines is 1. The van der Waals surface area contributed by atoms with E-state index in [9.17, 15) is 13.2 Å². The van der Waals surface area contributed by atoms with Crippen LogP contribution in [0.15, 0.2) is 57.2 Å². The number of hydrogen-bond donors (Lipinski definition) is 0. The van der Waals surface area contributed by atoms with E-state index in [4.69, 9.17) is 0 Å².